The molecule has 0 aliphatic carbocycles. The summed E-state index contributed by atoms with van der Waals surface area (Å²) in [5.74, 6) is 1.09. The second-order valence-corrected chi connectivity index (χ2v) is 9.68. The van der Waals surface area contributed by atoms with Gasteiger partial charge in [-0.2, -0.15) is 0 Å². The molecule has 4 rings (SSSR count). The SMILES string of the molecule is O=C(CCSc1ccccc1)N1CCN(Cc2csc(-c3ccc(Cl)cc3)n2)CC1. The second-order valence-electron chi connectivity index (χ2n) is 7.22. The molecule has 0 atom stereocenters. The summed E-state index contributed by atoms with van der Waals surface area (Å²) in [4.78, 5) is 22.9. The minimum atomic E-state index is 0.261. The number of nitrogens with zero attached hydrogens (tertiary/aromatic N) is 3. The summed E-state index contributed by atoms with van der Waals surface area (Å²) in [5.41, 5.74) is 2.18. The molecular weight excluding hydrogens is 434 g/mol. The van der Waals surface area contributed by atoms with Crippen LogP contribution in [0.4, 0.5) is 0 Å². The first-order valence-electron chi connectivity index (χ1n) is 10.1. The van der Waals surface area contributed by atoms with Gasteiger partial charge in [-0.3, -0.25) is 9.69 Å². The fraction of sp³-hybridized carbons (Fsp3) is 0.304. The van der Waals surface area contributed by atoms with Crippen LogP contribution in [-0.4, -0.2) is 52.6 Å². The quantitative estimate of drug-likeness (QED) is 0.451. The van der Waals surface area contributed by atoms with Crippen molar-refractivity contribution in [1.29, 1.82) is 0 Å². The molecule has 0 radical (unpaired) electrons. The molecule has 1 amide bonds. The minimum absolute atomic E-state index is 0.261. The first-order valence-corrected chi connectivity index (χ1v) is 12.3. The third kappa shape index (κ3) is 5.85. The molecule has 1 saturated heterocycles. The van der Waals surface area contributed by atoms with Gasteiger partial charge in [-0.15, -0.1) is 23.1 Å². The lowest BCUT2D eigenvalue weighted by Crippen LogP contribution is -2.48. The van der Waals surface area contributed by atoms with Gasteiger partial charge in [0.15, 0.2) is 0 Å². The lowest BCUT2D eigenvalue weighted by atomic mass is 10.2. The van der Waals surface area contributed by atoms with E-state index in [-0.39, 0.29) is 5.91 Å². The highest BCUT2D eigenvalue weighted by Crippen LogP contribution is 2.26. The van der Waals surface area contributed by atoms with E-state index in [0.29, 0.717) is 6.42 Å². The van der Waals surface area contributed by atoms with E-state index in [1.807, 2.05) is 47.4 Å². The van der Waals surface area contributed by atoms with Crippen LogP contribution in [0.3, 0.4) is 0 Å². The average molecular weight is 458 g/mol. The van der Waals surface area contributed by atoms with Crippen molar-refractivity contribution in [3.8, 4) is 10.6 Å². The molecule has 4 nitrogen and oxygen atoms in total. The second kappa shape index (κ2) is 10.4. The standard InChI is InChI=1S/C23H24ClN3OS2/c24-19-8-6-18(7-9-19)23-25-20(17-30-23)16-26-11-13-27(14-12-26)22(28)10-15-29-21-4-2-1-3-5-21/h1-9,17H,10-16H2. The molecule has 156 valence electrons. The van der Waals surface area contributed by atoms with E-state index in [9.17, 15) is 4.79 Å². The summed E-state index contributed by atoms with van der Waals surface area (Å²) in [7, 11) is 0. The summed E-state index contributed by atoms with van der Waals surface area (Å²) in [6.45, 7) is 4.21. The Bertz CT molecular complexity index is 954. The Morgan fingerprint density at radius 1 is 1.03 bits per heavy atom. The molecule has 2 heterocycles. The Labute approximate surface area is 190 Å². The van der Waals surface area contributed by atoms with Crippen molar-refractivity contribution >= 4 is 40.6 Å². The number of carbonyl (C=O) groups is 1. The molecule has 2 aromatic carbocycles. The van der Waals surface area contributed by atoms with Gasteiger partial charge in [0.1, 0.15) is 5.01 Å². The Morgan fingerprint density at radius 3 is 2.50 bits per heavy atom. The number of benzene rings is 2. The summed E-state index contributed by atoms with van der Waals surface area (Å²) < 4.78 is 0. The van der Waals surface area contributed by atoms with E-state index in [4.69, 9.17) is 16.6 Å². The molecule has 0 saturated carbocycles. The van der Waals surface area contributed by atoms with Gasteiger partial charge < -0.3 is 4.90 Å². The molecule has 0 spiro atoms. The zero-order valence-corrected chi connectivity index (χ0v) is 19.1. The van der Waals surface area contributed by atoms with Crippen LogP contribution in [0, 0.1) is 0 Å². The van der Waals surface area contributed by atoms with Gasteiger partial charge in [0.25, 0.3) is 0 Å². The van der Waals surface area contributed by atoms with Crippen LogP contribution < -0.4 is 0 Å². The highest BCUT2D eigenvalue weighted by Gasteiger charge is 2.21. The zero-order valence-electron chi connectivity index (χ0n) is 16.7. The number of piperazine rings is 1. The third-order valence-corrected chi connectivity index (χ3v) is 7.29. The number of amides is 1. The van der Waals surface area contributed by atoms with Gasteiger partial charge in [0.05, 0.1) is 5.69 Å². The smallest absolute Gasteiger partial charge is 0.223 e. The van der Waals surface area contributed by atoms with E-state index < -0.39 is 0 Å². The van der Waals surface area contributed by atoms with E-state index >= 15 is 0 Å². The molecule has 0 N–H and O–H groups in total. The maximum absolute atomic E-state index is 12.5. The normalized spacial score (nSPS) is 14.8. The molecule has 3 aromatic rings. The molecule has 0 bridgehead atoms. The summed E-state index contributed by atoms with van der Waals surface area (Å²) >= 11 is 9.38. The zero-order chi connectivity index (χ0) is 20.8. The van der Waals surface area contributed by atoms with Gasteiger partial charge in [0.2, 0.25) is 5.91 Å². The van der Waals surface area contributed by atoms with Crippen molar-refractivity contribution in [1.82, 2.24) is 14.8 Å². The van der Waals surface area contributed by atoms with Gasteiger partial charge in [-0.25, -0.2) is 4.98 Å². The van der Waals surface area contributed by atoms with E-state index in [0.717, 1.165) is 59.8 Å². The number of carbonyl (C=O) groups excluding carboxylic acids is 1. The third-order valence-electron chi connectivity index (χ3n) is 5.08. The van der Waals surface area contributed by atoms with Crippen molar-refractivity contribution in [3.05, 3.63) is 70.7 Å². The predicted molar refractivity (Wildman–Crippen MR) is 126 cm³/mol. The summed E-state index contributed by atoms with van der Waals surface area (Å²) in [6, 6.07) is 18.1. The van der Waals surface area contributed by atoms with Crippen LogP contribution in [0.15, 0.2) is 64.9 Å². The van der Waals surface area contributed by atoms with Crippen molar-refractivity contribution in [2.75, 3.05) is 31.9 Å². The van der Waals surface area contributed by atoms with Crippen LogP contribution in [0.25, 0.3) is 10.6 Å². The number of aromatic nitrogens is 1. The molecule has 30 heavy (non-hydrogen) atoms. The first kappa shape index (κ1) is 21.4. The Morgan fingerprint density at radius 2 is 1.77 bits per heavy atom. The topological polar surface area (TPSA) is 36.4 Å². The number of hydrogen-bond donors (Lipinski definition) is 0. The van der Waals surface area contributed by atoms with E-state index in [1.165, 1.54) is 4.90 Å². The Hall–Kier alpha value is -1.86. The molecule has 7 heteroatoms. The van der Waals surface area contributed by atoms with Gasteiger partial charge >= 0.3 is 0 Å². The molecular formula is C23H24ClN3OS2. The van der Waals surface area contributed by atoms with Crippen LogP contribution in [0.2, 0.25) is 5.02 Å². The lowest BCUT2D eigenvalue weighted by molar-refractivity contribution is -0.132. The largest absolute Gasteiger partial charge is 0.340 e. The monoisotopic (exact) mass is 457 g/mol. The predicted octanol–water partition coefficient (Wildman–Crippen LogP) is 5.29. The van der Waals surface area contributed by atoms with E-state index in [1.54, 1.807) is 23.1 Å². The molecule has 1 aliphatic rings. The fourth-order valence-electron chi connectivity index (χ4n) is 3.42. The fourth-order valence-corrected chi connectivity index (χ4v) is 5.23. The number of hydrogen-bond acceptors (Lipinski definition) is 5. The van der Waals surface area contributed by atoms with Gasteiger partial charge in [0, 0.05) is 65.8 Å². The Kier molecular flexibility index (Phi) is 7.44. The minimum Gasteiger partial charge on any atom is -0.340 e. The molecule has 1 aromatic heterocycles. The average Bonchev–Trinajstić information content (AvgIpc) is 3.24. The highest BCUT2D eigenvalue weighted by molar-refractivity contribution is 7.99. The number of thiazole rings is 1. The number of thioether (sulfide) groups is 1. The van der Waals surface area contributed by atoms with Gasteiger partial charge in [-0.05, 0) is 24.3 Å². The van der Waals surface area contributed by atoms with Crippen molar-refractivity contribution in [3.63, 3.8) is 0 Å². The number of rotatable bonds is 7. The Balaban J connectivity index is 1.21. The van der Waals surface area contributed by atoms with Crippen LogP contribution in [0.5, 0.6) is 0 Å². The van der Waals surface area contributed by atoms with Crippen molar-refractivity contribution in [2.24, 2.45) is 0 Å². The highest BCUT2D eigenvalue weighted by atomic mass is 35.5. The van der Waals surface area contributed by atoms with Crippen LogP contribution in [-0.2, 0) is 11.3 Å². The first-order chi connectivity index (χ1) is 14.7. The summed E-state index contributed by atoms with van der Waals surface area (Å²) in [6.07, 6.45) is 0.593. The van der Waals surface area contributed by atoms with Crippen LogP contribution in [0.1, 0.15) is 12.1 Å². The van der Waals surface area contributed by atoms with Crippen LogP contribution >= 0.6 is 34.7 Å². The van der Waals surface area contributed by atoms with E-state index in [2.05, 4.69) is 22.4 Å². The lowest BCUT2D eigenvalue weighted by Gasteiger charge is -2.34. The number of halogens is 1. The molecule has 0 unspecified atom stereocenters. The molecule has 1 aliphatic heterocycles. The van der Waals surface area contributed by atoms with Gasteiger partial charge in [-0.1, -0.05) is 41.9 Å². The maximum atomic E-state index is 12.5. The van der Waals surface area contributed by atoms with Crippen molar-refractivity contribution in [2.45, 2.75) is 17.9 Å². The van der Waals surface area contributed by atoms with Crippen molar-refractivity contribution < 1.29 is 4.79 Å². The maximum Gasteiger partial charge on any atom is 0.223 e. The molecule has 1 fully saturated rings. The summed E-state index contributed by atoms with van der Waals surface area (Å²) in [5, 5.41) is 3.88.